The predicted molar refractivity (Wildman–Crippen MR) is 77.9 cm³/mol. The van der Waals surface area contributed by atoms with Gasteiger partial charge in [-0.15, -0.1) is 11.3 Å². The van der Waals surface area contributed by atoms with Crippen molar-refractivity contribution in [3.8, 4) is 0 Å². The van der Waals surface area contributed by atoms with Gasteiger partial charge in [0.05, 0.1) is 12.7 Å². The molecule has 1 aliphatic rings. The molecule has 0 bridgehead atoms. The Balaban J connectivity index is 1.75. The topological polar surface area (TPSA) is 46.6 Å². The van der Waals surface area contributed by atoms with Gasteiger partial charge in [-0.25, -0.2) is 4.98 Å². The first-order valence-corrected chi connectivity index (χ1v) is 7.58. The number of hydrogen-bond donors (Lipinski definition) is 1. The Morgan fingerprint density at radius 1 is 1.63 bits per heavy atom. The van der Waals surface area contributed by atoms with Gasteiger partial charge in [0.2, 0.25) is 0 Å². The minimum Gasteiger partial charge on any atom is -0.383 e. The summed E-state index contributed by atoms with van der Waals surface area (Å²) in [6.45, 7) is 4.31. The zero-order valence-electron chi connectivity index (χ0n) is 11.7. The van der Waals surface area contributed by atoms with Gasteiger partial charge >= 0.3 is 0 Å². The molecule has 19 heavy (non-hydrogen) atoms. The van der Waals surface area contributed by atoms with E-state index in [0.717, 1.165) is 38.0 Å². The molecule has 0 spiro atoms. The largest absolute Gasteiger partial charge is 0.383 e. The van der Waals surface area contributed by atoms with Crippen LogP contribution in [0, 0.1) is 0 Å². The molecule has 1 fully saturated rings. The Bertz CT molecular complexity index is 367. The number of nitrogens with zero attached hydrogens (tertiary/aromatic N) is 2. The van der Waals surface area contributed by atoms with Crippen molar-refractivity contribution in [2.45, 2.75) is 25.5 Å². The number of nitrogens with one attached hydrogen (secondary N) is 1. The van der Waals surface area contributed by atoms with E-state index in [9.17, 15) is 0 Å². The number of methoxy groups -OCH3 is 1. The zero-order chi connectivity index (χ0) is 13.5. The number of rotatable bonds is 8. The monoisotopic (exact) mass is 285 g/mol. The number of anilines is 1. The molecular weight excluding hydrogens is 262 g/mol. The summed E-state index contributed by atoms with van der Waals surface area (Å²) in [6.07, 6.45) is 4.68. The summed E-state index contributed by atoms with van der Waals surface area (Å²) >= 11 is 1.74. The number of hydrogen-bond acceptors (Lipinski definition) is 6. The van der Waals surface area contributed by atoms with Gasteiger partial charge < -0.3 is 19.7 Å². The van der Waals surface area contributed by atoms with Crippen LogP contribution in [-0.4, -0.2) is 51.5 Å². The molecule has 1 saturated heterocycles. The van der Waals surface area contributed by atoms with Crippen LogP contribution in [0.2, 0.25) is 0 Å². The molecule has 1 unspecified atom stereocenters. The Kier molecular flexibility index (Phi) is 6.03. The molecule has 1 atom stereocenters. The molecule has 1 aromatic rings. The first-order valence-electron chi connectivity index (χ1n) is 6.76. The van der Waals surface area contributed by atoms with E-state index in [0.29, 0.717) is 6.10 Å². The van der Waals surface area contributed by atoms with E-state index < -0.39 is 0 Å². The number of ether oxygens (including phenoxy) is 2. The third-order valence-corrected chi connectivity index (χ3v) is 4.26. The molecule has 0 saturated carbocycles. The molecule has 0 aliphatic carbocycles. The van der Waals surface area contributed by atoms with Crippen molar-refractivity contribution in [1.82, 2.24) is 10.3 Å². The van der Waals surface area contributed by atoms with E-state index in [1.807, 2.05) is 6.20 Å². The van der Waals surface area contributed by atoms with Crippen LogP contribution < -0.4 is 10.2 Å². The van der Waals surface area contributed by atoms with Crippen molar-refractivity contribution in [3.05, 3.63) is 11.1 Å². The van der Waals surface area contributed by atoms with Crippen LogP contribution in [0.25, 0.3) is 0 Å². The third-order valence-electron chi connectivity index (χ3n) is 3.15. The van der Waals surface area contributed by atoms with Gasteiger partial charge in [0.15, 0.2) is 5.13 Å². The lowest BCUT2D eigenvalue weighted by Gasteiger charge is -2.19. The fraction of sp³-hybridized carbons (Fsp3) is 0.769. The van der Waals surface area contributed by atoms with E-state index in [-0.39, 0.29) is 0 Å². The maximum Gasteiger partial charge on any atom is 0.185 e. The van der Waals surface area contributed by atoms with Crippen LogP contribution in [0.5, 0.6) is 0 Å². The average Bonchev–Trinajstić information content (AvgIpc) is 3.05. The lowest BCUT2D eigenvalue weighted by atomic mass is 10.2. The maximum absolute atomic E-state index is 5.65. The second kappa shape index (κ2) is 7.79. The van der Waals surface area contributed by atoms with Gasteiger partial charge in [0, 0.05) is 51.5 Å². The molecule has 2 rings (SSSR count). The van der Waals surface area contributed by atoms with Crippen LogP contribution in [0.15, 0.2) is 6.20 Å². The molecule has 1 aromatic heterocycles. The number of aromatic nitrogens is 1. The van der Waals surface area contributed by atoms with Gasteiger partial charge in [-0.1, -0.05) is 0 Å². The molecule has 6 heteroatoms. The van der Waals surface area contributed by atoms with Crippen LogP contribution in [0.1, 0.15) is 17.7 Å². The number of likely N-dealkylation sites (N-methyl/N-ethyl adjacent to an activating group) is 1. The van der Waals surface area contributed by atoms with Gasteiger partial charge in [-0.05, 0) is 12.8 Å². The third kappa shape index (κ3) is 4.72. The van der Waals surface area contributed by atoms with Gasteiger partial charge in [0.25, 0.3) is 0 Å². The Morgan fingerprint density at radius 2 is 2.53 bits per heavy atom. The normalized spacial score (nSPS) is 18.9. The molecule has 1 N–H and O–H groups in total. The molecule has 0 aromatic carbocycles. The van der Waals surface area contributed by atoms with Crippen molar-refractivity contribution in [2.75, 3.05) is 45.4 Å². The second-order valence-corrected chi connectivity index (χ2v) is 5.89. The maximum atomic E-state index is 5.65. The zero-order valence-corrected chi connectivity index (χ0v) is 12.5. The van der Waals surface area contributed by atoms with Gasteiger partial charge in [-0.3, -0.25) is 0 Å². The summed E-state index contributed by atoms with van der Waals surface area (Å²) in [5.74, 6) is 0. The first kappa shape index (κ1) is 14.7. The van der Waals surface area contributed by atoms with E-state index >= 15 is 0 Å². The Morgan fingerprint density at radius 3 is 3.26 bits per heavy atom. The smallest absolute Gasteiger partial charge is 0.185 e. The summed E-state index contributed by atoms with van der Waals surface area (Å²) in [7, 11) is 3.80. The molecule has 5 nitrogen and oxygen atoms in total. The van der Waals surface area contributed by atoms with E-state index in [2.05, 4.69) is 22.2 Å². The highest BCUT2D eigenvalue weighted by Gasteiger charge is 2.18. The fourth-order valence-corrected chi connectivity index (χ4v) is 2.96. The van der Waals surface area contributed by atoms with Crippen molar-refractivity contribution in [1.29, 1.82) is 0 Å². The molecule has 0 amide bonds. The lowest BCUT2D eigenvalue weighted by molar-refractivity contribution is 0.116. The van der Waals surface area contributed by atoms with E-state index in [1.165, 1.54) is 17.7 Å². The molecule has 1 aliphatic heterocycles. The minimum absolute atomic E-state index is 0.372. The second-order valence-electron chi connectivity index (χ2n) is 4.79. The first-order chi connectivity index (χ1) is 9.29. The molecular formula is C13H23N3O2S. The van der Waals surface area contributed by atoms with Crippen LogP contribution >= 0.6 is 11.3 Å². The lowest BCUT2D eigenvalue weighted by Crippen LogP contribution is -2.28. The predicted octanol–water partition coefficient (Wildman–Crippen LogP) is 1.49. The minimum atomic E-state index is 0.372. The Hall–Kier alpha value is -0.690. The summed E-state index contributed by atoms with van der Waals surface area (Å²) in [6, 6.07) is 0. The summed E-state index contributed by atoms with van der Waals surface area (Å²) in [4.78, 5) is 7.92. The van der Waals surface area contributed by atoms with Crippen LogP contribution in [0.4, 0.5) is 5.13 Å². The van der Waals surface area contributed by atoms with Crippen LogP contribution in [-0.2, 0) is 16.0 Å². The highest BCUT2D eigenvalue weighted by Crippen LogP contribution is 2.23. The van der Waals surface area contributed by atoms with Crippen molar-refractivity contribution in [3.63, 3.8) is 0 Å². The molecule has 0 radical (unpaired) electrons. The van der Waals surface area contributed by atoms with Crippen molar-refractivity contribution in [2.24, 2.45) is 0 Å². The summed E-state index contributed by atoms with van der Waals surface area (Å²) in [5, 5.41) is 4.40. The highest BCUT2D eigenvalue weighted by atomic mass is 32.1. The van der Waals surface area contributed by atoms with Gasteiger partial charge in [0.1, 0.15) is 0 Å². The highest BCUT2D eigenvalue weighted by molar-refractivity contribution is 7.15. The fourth-order valence-electron chi connectivity index (χ4n) is 2.11. The van der Waals surface area contributed by atoms with E-state index in [4.69, 9.17) is 9.47 Å². The SMILES string of the molecule is COCCNCc1cnc(N(C)CC2CCCO2)s1. The van der Waals surface area contributed by atoms with Crippen molar-refractivity contribution >= 4 is 16.5 Å². The standard InChI is InChI=1S/C13H23N3O2S/c1-16(10-11-4-3-6-18-11)13-15-9-12(19-13)8-14-5-7-17-2/h9,11,14H,3-8,10H2,1-2H3. The number of thiazole rings is 1. The average molecular weight is 285 g/mol. The van der Waals surface area contributed by atoms with Crippen LogP contribution in [0.3, 0.4) is 0 Å². The van der Waals surface area contributed by atoms with Gasteiger partial charge in [-0.2, -0.15) is 0 Å². The Labute approximate surface area is 118 Å². The molecule has 2 heterocycles. The van der Waals surface area contributed by atoms with Crippen molar-refractivity contribution < 1.29 is 9.47 Å². The quantitative estimate of drug-likeness (QED) is 0.733. The molecule has 108 valence electrons. The summed E-state index contributed by atoms with van der Waals surface area (Å²) < 4.78 is 10.7. The summed E-state index contributed by atoms with van der Waals surface area (Å²) in [5.41, 5.74) is 0. The van der Waals surface area contributed by atoms with E-state index in [1.54, 1.807) is 18.4 Å².